The van der Waals surface area contributed by atoms with Gasteiger partial charge in [-0.1, -0.05) is 54.1 Å². The molecular weight excluding hydrogens is 472 g/mol. The Morgan fingerprint density at radius 1 is 1.18 bits per heavy atom. The third-order valence-electron chi connectivity index (χ3n) is 5.53. The second-order valence-electron chi connectivity index (χ2n) is 8.36. The van der Waals surface area contributed by atoms with Crippen LogP contribution in [0, 0.1) is 0 Å². The summed E-state index contributed by atoms with van der Waals surface area (Å²) in [6, 6.07) is 18.3. The molecule has 0 aliphatic rings. The highest BCUT2D eigenvalue weighted by molar-refractivity contribution is 7.18. The van der Waals surface area contributed by atoms with Gasteiger partial charge in [0.25, 0.3) is 5.91 Å². The molecule has 1 amide bonds. The number of aromatic nitrogens is 1. The van der Waals surface area contributed by atoms with E-state index in [1.165, 1.54) is 11.3 Å². The largest absolute Gasteiger partial charge is 0.383 e. The summed E-state index contributed by atoms with van der Waals surface area (Å²) in [4.78, 5) is 27.4. The molecule has 34 heavy (non-hydrogen) atoms. The maximum Gasteiger partial charge on any atom is 0.257 e. The molecule has 4 aromatic rings. The molecule has 1 atom stereocenters. The summed E-state index contributed by atoms with van der Waals surface area (Å²) in [6.07, 6.45) is 1.56. The highest BCUT2D eigenvalue weighted by atomic mass is 35.5. The number of pyridine rings is 1. The fourth-order valence-corrected chi connectivity index (χ4v) is 4.81. The number of carbonyl (C=O) groups excluding carboxylic acids is 1. The van der Waals surface area contributed by atoms with Gasteiger partial charge in [-0.2, -0.15) is 0 Å². The topological polar surface area (TPSA) is 80.6 Å². The predicted octanol–water partition coefficient (Wildman–Crippen LogP) is 4.61. The summed E-state index contributed by atoms with van der Waals surface area (Å²) in [5.74, 6) is -0.430. The Hall–Kier alpha value is -2.97. The fraction of sp³-hybridized carbons (Fsp3) is 0.231. The first-order valence-electron chi connectivity index (χ1n) is 10.7. The van der Waals surface area contributed by atoms with Crippen LogP contribution in [0.3, 0.4) is 0 Å². The molecule has 2 aromatic carbocycles. The highest BCUT2D eigenvalue weighted by Gasteiger charge is 2.23. The molecule has 0 spiro atoms. The summed E-state index contributed by atoms with van der Waals surface area (Å²) in [5.41, 5.74) is 0.300. The number of hydrogen-bond acceptors (Lipinski definition) is 5. The molecular formula is C26H25ClN2O4S. The Labute approximate surface area is 206 Å². The van der Waals surface area contributed by atoms with E-state index in [-0.39, 0.29) is 24.2 Å². The average Bonchev–Trinajstić information content (AvgIpc) is 3.26. The number of carbonyl (C=O) groups is 1. The van der Waals surface area contributed by atoms with Gasteiger partial charge in [0.05, 0.1) is 18.6 Å². The van der Waals surface area contributed by atoms with Crippen molar-refractivity contribution >= 4 is 39.1 Å². The molecule has 0 radical (unpaired) electrons. The third-order valence-corrected chi connectivity index (χ3v) is 6.98. The van der Waals surface area contributed by atoms with Gasteiger partial charge in [-0.25, -0.2) is 0 Å². The number of ether oxygens (including phenoxy) is 1. The Morgan fingerprint density at radius 2 is 1.88 bits per heavy atom. The lowest BCUT2D eigenvalue weighted by Gasteiger charge is -2.23. The minimum atomic E-state index is -1.12. The number of rotatable bonds is 8. The van der Waals surface area contributed by atoms with Gasteiger partial charge >= 0.3 is 0 Å². The van der Waals surface area contributed by atoms with Gasteiger partial charge in [0, 0.05) is 29.7 Å². The standard InChI is InChI=1S/C26H25ClN2O4S/c1-26(32,18-6-4-3-5-7-18)16-33-15-20-12-21-23(30)22(14-29(2)25(21)34-20)24(31)28-13-17-8-10-19(27)11-9-17/h3-12,14,32H,13,15-16H2,1-2H3,(H,28,31)/t26-/m1/s1. The minimum Gasteiger partial charge on any atom is -0.383 e. The summed E-state index contributed by atoms with van der Waals surface area (Å²) < 4.78 is 7.56. The van der Waals surface area contributed by atoms with Crippen molar-refractivity contribution in [1.29, 1.82) is 0 Å². The molecule has 2 aromatic heterocycles. The number of nitrogens with zero attached hydrogens (tertiary/aromatic N) is 1. The van der Waals surface area contributed by atoms with Crippen molar-refractivity contribution in [3.63, 3.8) is 0 Å². The van der Waals surface area contributed by atoms with E-state index in [1.54, 1.807) is 42.9 Å². The molecule has 176 valence electrons. The Morgan fingerprint density at radius 3 is 2.59 bits per heavy atom. The van der Waals surface area contributed by atoms with Crippen LogP contribution in [0.4, 0.5) is 0 Å². The maximum absolute atomic E-state index is 13.0. The zero-order valence-electron chi connectivity index (χ0n) is 18.9. The Bertz CT molecular complexity index is 1360. The van der Waals surface area contributed by atoms with E-state index >= 15 is 0 Å². The molecule has 0 fully saturated rings. The summed E-state index contributed by atoms with van der Waals surface area (Å²) in [7, 11) is 1.80. The average molecular weight is 497 g/mol. The van der Waals surface area contributed by atoms with Crippen molar-refractivity contribution < 1.29 is 14.6 Å². The number of hydrogen-bond donors (Lipinski definition) is 2. The number of benzene rings is 2. The van der Waals surface area contributed by atoms with Gasteiger partial charge in [0.1, 0.15) is 16.0 Å². The van der Waals surface area contributed by atoms with E-state index in [2.05, 4.69) is 5.32 Å². The minimum absolute atomic E-state index is 0.0845. The molecule has 0 saturated heterocycles. The molecule has 0 bridgehead atoms. The number of nitrogens with one attached hydrogen (secondary N) is 1. The normalized spacial score (nSPS) is 13.1. The van der Waals surface area contributed by atoms with E-state index in [4.69, 9.17) is 16.3 Å². The Balaban J connectivity index is 1.46. The molecule has 8 heteroatoms. The van der Waals surface area contributed by atoms with Gasteiger partial charge in [-0.15, -0.1) is 11.3 Å². The molecule has 6 nitrogen and oxygen atoms in total. The van der Waals surface area contributed by atoms with E-state index in [1.807, 2.05) is 42.5 Å². The van der Waals surface area contributed by atoms with Crippen molar-refractivity contribution in [1.82, 2.24) is 9.88 Å². The van der Waals surface area contributed by atoms with E-state index in [0.717, 1.165) is 20.8 Å². The van der Waals surface area contributed by atoms with Crippen LogP contribution in [0.25, 0.3) is 10.2 Å². The first kappa shape index (κ1) is 24.2. The molecule has 0 unspecified atom stereocenters. The monoisotopic (exact) mass is 496 g/mol. The van der Waals surface area contributed by atoms with Crippen molar-refractivity contribution in [2.45, 2.75) is 25.7 Å². The molecule has 2 heterocycles. The van der Waals surface area contributed by atoms with Crippen LogP contribution in [0.1, 0.15) is 33.3 Å². The van der Waals surface area contributed by atoms with E-state index < -0.39 is 11.5 Å². The second-order valence-corrected chi connectivity index (χ2v) is 9.91. The lowest BCUT2D eigenvalue weighted by molar-refractivity contribution is -0.0429. The summed E-state index contributed by atoms with van der Waals surface area (Å²) in [5, 5.41) is 14.6. The van der Waals surface area contributed by atoms with Crippen LogP contribution >= 0.6 is 22.9 Å². The first-order chi connectivity index (χ1) is 16.2. The zero-order valence-corrected chi connectivity index (χ0v) is 20.4. The molecule has 0 saturated carbocycles. The van der Waals surface area contributed by atoms with Crippen LogP contribution in [0.5, 0.6) is 0 Å². The van der Waals surface area contributed by atoms with Crippen molar-refractivity contribution in [2.75, 3.05) is 6.61 Å². The number of halogens is 1. The SMILES string of the molecule is Cn1cc(C(=O)NCc2ccc(Cl)cc2)c(=O)c2cc(COC[C@@](C)(O)c3ccccc3)sc21. The smallest absolute Gasteiger partial charge is 0.257 e. The number of thiophene rings is 1. The van der Waals surface area contributed by atoms with Crippen molar-refractivity contribution in [3.8, 4) is 0 Å². The van der Waals surface area contributed by atoms with Crippen molar-refractivity contribution in [3.05, 3.63) is 104 Å². The maximum atomic E-state index is 13.0. The molecule has 2 N–H and O–H groups in total. The lowest BCUT2D eigenvalue weighted by Crippen LogP contribution is -2.29. The Kier molecular flexibility index (Phi) is 7.19. The quantitative estimate of drug-likeness (QED) is 0.373. The van der Waals surface area contributed by atoms with Crippen LogP contribution in [0.2, 0.25) is 5.02 Å². The predicted molar refractivity (Wildman–Crippen MR) is 135 cm³/mol. The third kappa shape index (κ3) is 5.39. The zero-order chi connectivity index (χ0) is 24.3. The van der Waals surface area contributed by atoms with Gasteiger partial charge in [0.2, 0.25) is 5.43 Å². The van der Waals surface area contributed by atoms with E-state index in [0.29, 0.717) is 17.0 Å². The van der Waals surface area contributed by atoms with Crippen LogP contribution in [-0.4, -0.2) is 22.2 Å². The molecule has 0 aliphatic carbocycles. The van der Waals surface area contributed by atoms with E-state index in [9.17, 15) is 14.7 Å². The van der Waals surface area contributed by atoms with Crippen LogP contribution in [-0.2, 0) is 30.5 Å². The fourth-order valence-electron chi connectivity index (χ4n) is 3.66. The van der Waals surface area contributed by atoms with Crippen molar-refractivity contribution in [2.24, 2.45) is 7.05 Å². The number of aryl methyl sites for hydroxylation is 1. The highest BCUT2D eigenvalue weighted by Crippen LogP contribution is 2.26. The molecule has 4 rings (SSSR count). The van der Waals surface area contributed by atoms with Gasteiger partial charge in [-0.05, 0) is 36.2 Å². The number of aliphatic hydroxyl groups is 1. The van der Waals surface area contributed by atoms with Crippen LogP contribution < -0.4 is 10.7 Å². The van der Waals surface area contributed by atoms with Crippen LogP contribution in [0.15, 0.2) is 71.7 Å². The summed E-state index contributed by atoms with van der Waals surface area (Å²) in [6.45, 7) is 2.36. The summed E-state index contributed by atoms with van der Waals surface area (Å²) >= 11 is 7.32. The number of amides is 1. The first-order valence-corrected chi connectivity index (χ1v) is 11.9. The lowest BCUT2D eigenvalue weighted by atomic mass is 9.97. The number of fused-ring (bicyclic) bond motifs is 1. The van der Waals surface area contributed by atoms with Gasteiger partial charge in [0.15, 0.2) is 0 Å². The second kappa shape index (κ2) is 10.1. The van der Waals surface area contributed by atoms with Gasteiger partial charge < -0.3 is 19.7 Å². The van der Waals surface area contributed by atoms with Gasteiger partial charge in [-0.3, -0.25) is 9.59 Å². The molecule has 0 aliphatic heterocycles.